The molecule has 0 fully saturated rings. The van der Waals surface area contributed by atoms with Gasteiger partial charge in [-0.05, 0) is 32.1 Å². The molecule has 0 aliphatic rings. The summed E-state index contributed by atoms with van der Waals surface area (Å²) in [6.45, 7) is 8.87. The van der Waals surface area contributed by atoms with Gasteiger partial charge in [-0.1, -0.05) is 20.8 Å². The van der Waals surface area contributed by atoms with Crippen LogP contribution < -0.4 is 5.32 Å². The van der Waals surface area contributed by atoms with Gasteiger partial charge >= 0.3 is 5.97 Å². The number of rotatable bonds is 7. The van der Waals surface area contributed by atoms with E-state index in [0.29, 0.717) is 6.42 Å². The zero-order valence-electron chi connectivity index (χ0n) is 12.8. The number of hydrogen-bond donors (Lipinski definition) is 2. The van der Waals surface area contributed by atoms with Crippen molar-refractivity contribution in [2.45, 2.75) is 58.8 Å². The van der Waals surface area contributed by atoms with E-state index in [2.05, 4.69) is 5.32 Å². The Morgan fingerprint density at radius 1 is 1.20 bits per heavy atom. The molecular weight excluding hydrogens is 282 g/mol. The van der Waals surface area contributed by atoms with E-state index in [-0.39, 0.29) is 11.8 Å². The molecule has 2 N–H and O–H groups in total. The van der Waals surface area contributed by atoms with Gasteiger partial charge < -0.3 is 10.4 Å². The van der Waals surface area contributed by atoms with Crippen LogP contribution in [0.15, 0.2) is 0 Å². The number of carbonyl (C=O) groups excluding carboxylic acids is 1. The molecule has 0 saturated heterocycles. The lowest BCUT2D eigenvalue weighted by Gasteiger charge is -2.21. The third kappa shape index (κ3) is 7.47. The van der Waals surface area contributed by atoms with E-state index < -0.39 is 38.8 Å². The molecule has 118 valence electrons. The van der Waals surface area contributed by atoms with Gasteiger partial charge in [-0.25, -0.2) is 13.2 Å². The fraction of sp³-hybridized carbons (Fsp3) is 0.846. The highest BCUT2D eigenvalue weighted by molar-refractivity contribution is 7.92. The van der Waals surface area contributed by atoms with Gasteiger partial charge in [0.05, 0.1) is 5.25 Å². The lowest BCUT2D eigenvalue weighted by molar-refractivity contribution is -0.141. The van der Waals surface area contributed by atoms with Gasteiger partial charge in [0.2, 0.25) is 5.91 Å². The normalized spacial score (nSPS) is 14.1. The second kappa shape index (κ2) is 7.06. The van der Waals surface area contributed by atoms with Crippen molar-refractivity contribution in [2.75, 3.05) is 5.75 Å². The molecule has 0 spiro atoms. The number of aliphatic carboxylic acids is 1. The Morgan fingerprint density at radius 2 is 1.70 bits per heavy atom. The first-order chi connectivity index (χ1) is 8.85. The minimum Gasteiger partial charge on any atom is -0.480 e. The van der Waals surface area contributed by atoms with Crippen LogP contribution in [0.5, 0.6) is 0 Å². The molecule has 0 aromatic rings. The Balaban J connectivity index is 4.62. The number of carbonyl (C=O) groups is 2. The van der Waals surface area contributed by atoms with Crippen molar-refractivity contribution in [3.8, 4) is 0 Å². The second-order valence-electron chi connectivity index (χ2n) is 6.41. The summed E-state index contributed by atoms with van der Waals surface area (Å²) in [7, 11) is -3.52. The Kier molecular flexibility index (Phi) is 6.67. The first-order valence-electron chi connectivity index (χ1n) is 6.59. The molecule has 0 rings (SSSR count). The molecule has 0 saturated carbocycles. The average Bonchev–Trinajstić information content (AvgIpc) is 2.21. The second-order valence-corrected chi connectivity index (χ2v) is 8.97. The maximum atomic E-state index is 11.6. The van der Waals surface area contributed by atoms with E-state index in [1.807, 2.05) is 20.8 Å². The molecule has 0 bridgehead atoms. The van der Waals surface area contributed by atoms with Gasteiger partial charge in [0, 0.05) is 0 Å². The van der Waals surface area contributed by atoms with E-state index in [0.717, 1.165) is 0 Å². The lowest BCUT2D eigenvalue weighted by atomic mass is 9.88. The Morgan fingerprint density at radius 3 is 2.05 bits per heavy atom. The van der Waals surface area contributed by atoms with Gasteiger partial charge in [0.15, 0.2) is 9.84 Å². The molecule has 6 nitrogen and oxygen atoms in total. The minimum absolute atomic E-state index is 0.0531. The third-order valence-electron chi connectivity index (χ3n) is 2.87. The van der Waals surface area contributed by atoms with Crippen LogP contribution in [-0.4, -0.2) is 42.4 Å². The van der Waals surface area contributed by atoms with Crippen molar-refractivity contribution in [3.05, 3.63) is 0 Å². The van der Waals surface area contributed by atoms with Crippen LogP contribution in [0, 0.1) is 5.41 Å². The minimum atomic E-state index is -3.52. The Labute approximate surface area is 120 Å². The first kappa shape index (κ1) is 18.9. The standard InChI is InChI=1S/C13H25NO5S/c1-9(2)20(18,19)8-11(15)14-10(12(16)17)6-7-13(3,4)5/h9-10H,6-8H2,1-5H3,(H,14,15)(H,16,17). The largest absolute Gasteiger partial charge is 0.480 e. The molecule has 0 aliphatic carbocycles. The molecule has 20 heavy (non-hydrogen) atoms. The Hall–Kier alpha value is -1.11. The summed E-state index contributed by atoms with van der Waals surface area (Å²) in [5.41, 5.74) is -0.0531. The molecular formula is C13H25NO5S. The number of carboxylic acids is 1. The van der Waals surface area contributed by atoms with Crippen LogP contribution in [0.1, 0.15) is 47.5 Å². The summed E-state index contributed by atoms with van der Waals surface area (Å²) in [4.78, 5) is 22.7. The number of sulfone groups is 1. The predicted octanol–water partition coefficient (Wildman–Crippen LogP) is 1.21. The van der Waals surface area contributed by atoms with Crippen LogP contribution >= 0.6 is 0 Å². The van der Waals surface area contributed by atoms with Crippen molar-refractivity contribution in [2.24, 2.45) is 5.41 Å². The lowest BCUT2D eigenvalue weighted by Crippen LogP contribution is -2.44. The Bertz CT molecular complexity index is 448. The molecule has 1 atom stereocenters. The summed E-state index contributed by atoms with van der Waals surface area (Å²) < 4.78 is 23.2. The smallest absolute Gasteiger partial charge is 0.326 e. The van der Waals surface area contributed by atoms with Crippen LogP contribution in [-0.2, 0) is 19.4 Å². The summed E-state index contributed by atoms with van der Waals surface area (Å²) in [5, 5.41) is 10.7. The summed E-state index contributed by atoms with van der Waals surface area (Å²) in [6, 6.07) is -1.05. The number of amides is 1. The molecule has 1 unspecified atom stereocenters. The number of hydrogen-bond acceptors (Lipinski definition) is 4. The highest BCUT2D eigenvalue weighted by Crippen LogP contribution is 2.21. The zero-order valence-corrected chi connectivity index (χ0v) is 13.6. The van der Waals surface area contributed by atoms with Crippen molar-refractivity contribution in [1.29, 1.82) is 0 Å². The molecule has 7 heteroatoms. The molecule has 0 aliphatic heterocycles. The monoisotopic (exact) mass is 307 g/mol. The number of nitrogens with one attached hydrogen (secondary N) is 1. The van der Waals surface area contributed by atoms with Crippen molar-refractivity contribution < 1.29 is 23.1 Å². The highest BCUT2D eigenvalue weighted by atomic mass is 32.2. The van der Waals surface area contributed by atoms with Crippen molar-refractivity contribution >= 4 is 21.7 Å². The quantitative estimate of drug-likeness (QED) is 0.736. The van der Waals surface area contributed by atoms with Crippen molar-refractivity contribution in [3.63, 3.8) is 0 Å². The first-order valence-corrected chi connectivity index (χ1v) is 8.30. The summed E-state index contributed by atoms with van der Waals surface area (Å²) >= 11 is 0. The van der Waals surface area contributed by atoms with Gasteiger partial charge in [0.25, 0.3) is 0 Å². The van der Waals surface area contributed by atoms with Crippen molar-refractivity contribution in [1.82, 2.24) is 5.32 Å². The molecule has 0 aromatic heterocycles. The predicted molar refractivity (Wildman–Crippen MR) is 77.2 cm³/mol. The summed E-state index contributed by atoms with van der Waals surface area (Å²) in [5.74, 6) is -2.59. The fourth-order valence-corrected chi connectivity index (χ4v) is 2.20. The van der Waals surface area contributed by atoms with Crippen LogP contribution in [0.2, 0.25) is 0 Å². The van der Waals surface area contributed by atoms with Crippen LogP contribution in [0.25, 0.3) is 0 Å². The fourth-order valence-electron chi connectivity index (χ4n) is 1.42. The van der Waals surface area contributed by atoms with E-state index in [1.165, 1.54) is 13.8 Å². The van der Waals surface area contributed by atoms with Gasteiger partial charge in [-0.15, -0.1) is 0 Å². The molecule has 0 heterocycles. The SMILES string of the molecule is CC(C)S(=O)(=O)CC(=O)NC(CCC(C)(C)C)C(=O)O. The molecule has 0 radical (unpaired) electrons. The number of carboxylic acid groups (broad SMARTS) is 1. The summed E-state index contributed by atoms with van der Waals surface area (Å²) in [6.07, 6.45) is 0.882. The maximum absolute atomic E-state index is 11.6. The highest BCUT2D eigenvalue weighted by Gasteiger charge is 2.26. The van der Waals surface area contributed by atoms with Gasteiger partial charge in [-0.3, -0.25) is 4.79 Å². The van der Waals surface area contributed by atoms with Gasteiger partial charge in [0.1, 0.15) is 11.8 Å². The van der Waals surface area contributed by atoms with Crippen LogP contribution in [0.3, 0.4) is 0 Å². The third-order valence-corrected chi connectivity index (χ3v) is 4.97. The molecule has 0 aromatic carbocycles. The van der Waals surface area contributed by atoms with E-state index in [9.17, 15) is 18.0 Å². The topological polar surface area (TPSA) is 101 Å². The van der Waals surface area contributed by atoms with Crippen LogP contribution in [0.4, 0.5) is 0 Å². The zero-order chi connectivity index (χ0) is 16.1. The van der Waals surface area contributed by atoms with E-state index in [4.69, 9.17) is 5.11 Å². The van der Waals surface area contributed by atoms with E-state index in [1.54, 1.807) is 0 Å². The maximum Gasteiger partial charge on any atom is 0.326 e. The average molecular weight is 307 g/mol. The van der Waals surface area contributed by atoms with E-state index >= 15 is 0 Å². The van der Waals surface area contributed by atoms with Gasteiger partial charge in [-0.2, -0.15) is 0 Å². The molecule has 1 amide bonds.